The predicted molar refractivity (Wildman–Crippen MR) is 78.8 cm³/mol. The number of aromatic nitrogens is 1. The smallest absolute Gasteiger partial charge is 0.246 e. The molecule has 3 rings (SSSR count). The third-order valence-electron chi connectivity index (χ3n) is 4.29. The number of carbonyl (C=O) groups excluding carboxylic acids is 2. The topological polar surface area (TPSA) is 65.5 Å². The molecule has 1 aromatic rings. The van der Waals surface area contributed by atoms with Crippen LogP contribution in [-0.2, 0) is 9.59 Å². The zero-order chi connectivity index (χ0) is 14.8. The molecule has 1 atom stereocenters. The van der Waals surface area contributed by atoms with Crippen molar-refractivity contribution in [3.05, 3.63) is 24.4 Å². The Morgan fingerprint density at radius 3 is 2.57 bits per heavy atom. The molecule has 112 valence electrons. The van der Waals surface area contributed by atoms with Gasteiger partial charge in [0.25, 0.3) is 0 Å². The molecular weight excluding hydrogens is 268 g/mol. The van der Waals surface area contributed by atoms with E-state index in [0.717, 1.165) is 31.7 Å². The van der Waals surface area contributed by atoms with Crippen LogP contribution in [0.3, 0.4) is 0 Å². The van der Waals surface area contributed by atoms with Crippen molar-refractivity contribution in [3.63, 3.8) is 0 Å². The summed E-state index contributed by atoms with van der Waals surface area (Å²) >= 11 is 0. The summed E-state index contributed by atoms with van der Waals surface area (Å²) in [7, 11) is 1.55. The van der Waals surface area contributed by atoms with Gasteiger partial charge in [0.15, 0.2) is 0 Å². The molecule has 2 aliphatic rings. The van der Waals surface area contributed by atoms with Crippen molar-refractivity contribution >= 4 is 17.6 Å². The van der Waals surface area contributed by atoms with Crippen molar-refractivity contribution in [1.82, 2.24) is 15.2 Å². The summed E-state index contributed by atoms with van der Waals surface area (Å²) in [6.07, 6.45) is 4.00. The Morgan fingerprint density at radius 1 is 1.24 bits per heavy atom. The average Bonchev–Trinajstić information content (AvgIpc) is 2.76. The van der Waals surface area contributed by atoms with Crippen molar-refractivity contribution in [2.45, 2.75) is 31.3 Å². The summed E-state index contributed by atoms with van der Waals surface area (Å²) in [5.41, 5.74) is 0. The van der Waals surface area contributed by atoms with Gasteiger partial charge >= 0.3 is 0 Å². The molecular formula is C15H20N4O2. The lowest BCUT2D eigenvalue weighted by molar-refractivity contribution is -0.137. The van der Waals surface area contributed by atoms with Crippen LogP contribution in [0.5, 0.6) is 0 Å². The molecule has 0 spiro atoms. The lowest BCUT2D eigenvalue weighted by Gasteiger charge is -2.34. The molecule has 2 aliphatic heterocycles. The Labute approximate surface area is 124 Å². The fourth-order valence-corrected chi connectivity index (χ4v) is 2.99. The highest BCUT2D eigenvalue weighted by Crippen LogP contribution is 2.19. The summed E-state index contributed by atoms with van der Waals surface area (Å²) in [6, 6.07) is 5.87. The van der Waals surface area contributed by atoms with Crippen LogP contribution in [0.1, 0.15) is 19.3 Å². The predicted octanol–water partition coefficient (Wildman–Crippen LogP) is 0.397. The van der Waals surface area contributed by atoms with Crippen molar-refractivity contribution in [3.8, 4) is 0 Å². The largest absolute Gasteiger partial charge is 0.357 e. The van der Waals surface area contributed by atoms with Gasteiger partial charge in [-0.3, -0.25) is 14.5 Å². The van der Waals surface area contributed by atoms with Gasteiger partial charge in [-0.1, -0.05) is 6.07 Å². The van der Waals surface area contributed by atoms with E-state index in [1.165, 1.54) is 4.90 Å². The van der Waals surface area contributed by atoms with Gasteiger partial charge in [0.05, 0.1) is 12.5 Å². The Hall–Kier alpha value is -1.95. The van der Waals surface area contributed by atoms with E-state index in [1.54, 1.807) is 13.2 Å². The lowest BCUT2D eigenvalue weighted by Crippen LogP contribution is -2.48. The number of piperidine rings is 1. The number of rotatable bonds is 3. The van der Waals surface area contributed by atoms with Gasteiger partial charge in [-0.05, 0) is 25.0 Å². The van der Waals surface area contributed by atoms with Gasteiger partial charge in [-0.2, -0.15) is 0 Å². The Balaban J connectivity index is 1.53. The molecule has 2 amide bonds. The van der Waals surface area contributed by atoms with Crippen LogP contribution in [0.25, 0.3) is 0 Å². The zero-order valence-electron chi connectivity index (χ0n) is 12.2. The number of pyridine rings is 1. The molecule has 6 heteroatoms. The van der Waals surface area contributed by atoms with E-state index in [9.17, 15) is 9.59 Å². The molecule has 6 nitrogen and oxygen atoms in total. The van der Waals surface area contributed by atoms with E-state index >= 15 is 0 Å². The van der Waals surface area contributed by atoms with E-state index in [1.807, 2.05) is 18.2 Å². The molecule has 21 heavy (non-hydrogen) atoms. The fraction of sp³-hybridized carbons (Fsp3) is 0.533. The highest BCUT2D eigenvalue weighted by atomic mass is 16.2. The first-order valence-corrected chi connectivity index (χ1v) is 7.37. The first-order chi connectivity index (χ1) is 10.1. The minimum Gasteiger partial charge on any atom is -0.357 e. The van der Waals surface area contributed by atoms with Gasteiger partial charge < -0.3 is 10.2 Å². The third-order valence-corrected chi connectivity index (χ3v) is 4.29. The summed E-state index contributed by atoms with van der Waals surface area (Å²) < 4.78 is 0. The molecule has 1 unspecified atom stereocenters. The number of nitrogens with one attached hydrogen (secondary N) is 1. The summed E-state index contributed by atoms with van der Waals surface area (Å²) in [5.74, 6) is 0.804. The maximum absolute atomic E-state index is 11.9. The summed E-state index contributed by atoms with van der Waals surface area (Å²) in [6.45, 7) is 1.83. The standard InChI is InChI=1S/C15H20N4O2/c1-18-14(20)10-12(15(18)21)17-11-5-8-19(9-6-11)13-4-2-3-7-16-13/h2-4,7,11-12,17H,5-6,8-10H2,1H3. The van der Waals surface area contributed by atoms with Crippen LogP contribution < -0.4 is 10.2 Å². The lowest BCUT2D eigenvalue weighted by atomic mass is 10.0. The first kappa shape index (κ1) is 14.0. The number of carbonyl (C=O) groups is 2. The molecule has 0 radical (unpaired) electrons. The highest BCUT2D eigenvalue weighted by Gasteiger charge is 2.37. The van der Waals surface area contributed by atoms with E-state index in [0.29, 0.717) is 6.04 Å². The summed E-state index contributed by atoms with van der Waals surface area (Å²) in [4.78, 5) is 31.3. The van der Waals surface area contributed by atoms with Crippen molar-refractivity contribution in [1.29, 1.82) is 0 Å². The Kier molecular flexibility index (Phi) is 3.88. The van der Waals surface area contributed by atoms with Gasteiger partial charge in [-0.25, -0.2) is 4.98 Å². The molecule has 1 aromatic heterocycles. The van der Waals surface area contributed by atoms with Crippen molar-refractivity contribution in [2.75, 3.05) is 25.0 Å². The maximum Gasteiger partial charge on any atom is 0.246 e. The third kappa shape index (κ3) is 2.90. The number of anilines is 1. The average molecular weight is 288 g/mol. The van der Waals surface area contributed by atoms with Crippen LogP contribution in [0.15, 0.2) is 24.4 Å². The van der Waals surface area contributed by atoms with Crippen LogP contribution in [0.2, 0.25) is 0 Å². The van der Waals surface area contributed by atoms with E-state index in [-0.39, 0.29) is 24.3 Å². The van der Waals surface area contributed by atoms with E-state index < -0.39 is 0 Å². The number of imide groups is 1. The van der Waals surface area contributed by atoms with Gasteiger partial charge in [0.2, 0.25) is 11.8 Å². The van der Waals surface area contributed by atoms with Crippen LogP contribution in [0, 0.1) is 0 Å². The van der Waals surface area contributed by atoms with E-state index in [4.69, 9.17) is 0 Å². The quantitative estimate of drug-likeness (QED) is 0.816. The number of likely N-dealkylation sites (N-methyl/N-ethyl adjacent to an activating group) is 1. The van der Waals surface area contributed by atoms with Crippen molar-refractivity contribution < 1.29 is 9.59 Å². The minimum atomic E-state index is -0.339. The normalized spacial score (nSPS) is 24.0. The molecule has 2 saturated heterocycles. The second-order valence-corrected chi connectivity index (χ2v) is 5.66. The van der Waals surface area contributed by atoms with Crippen LogP contribution in [-0.4, -0.2) is 53.9 Å². The fourth-order valence-electron chi connectivity index (χ4n) is 2.99. The Bertz CT molecular complexity index is 526. The number of amides is 2. The second-order valence-electron chi connectivity index (χ2n) is 5.66. The van der Waals surface area contributed by atoms with Gasteiger partial charge in [0, 0.05) is 32.4 Å². The monoisotopic (exact) mass is 288 g/mol. The van der Waals surface area contributed by atoms with Crippen molar-refractivity contribution in [2.24, 2.45) is 0 Å². The minimum absolute atomic E-state index is 0.0941. The van der Waals surface area contributed by atoms with Gasteiger partial charge in [-0.15, -0.1) is 0 Å². The molecule has 0 bridgehead atoms. The second kappa shape index (κ2) is 5.81. The van der Waals surface area contributed by atoms with Crippen LogP contribution in [0.4, 0.5) is 5.82 Å². The molecule has 0 aromatic carbocycles. The summed E-state index contributed by atoms with van der Waals surface area (Å²) in [5, 5.41) is 3.34. The number of likely N-dealkylation sites (tertiary alicyclic amines) is 1. The SMILES string of the molecule is CN1C(=O)CC(NC2CCN(c3ccccn3)CC2)C1=O. The van der Waals surface area contributed by atoms with Crippen LogP contribution >= 0.6 is 0 Å². The first-order valence-electron chi connectivity index (χ1n) is 7.37. The molecule has 0 saturated carbocycles. The number of hydrogen-bond acceptors (Lipinski definition) is 5. The van der Waals surface area contributed by atoms with Gasteiger partial charge in [0.1, 0.15) is 5.82 Å². The molecule has 3 heterocycles. The molecule has 2 fully saturated rings. The number of nitrogens with zero attached hydrogens (tertiary/aromatic N) is 3. The zero-order valence-corrected chi connectivity index (χ0v) is 12.2. The molecule has 1 N–H and O–H groups in total. The Morgan fingerprint density at radius 2 is 2.00 bits per heavy atom. The number of hydrogen-bond donors (Lipinski definition) is 1. The van der Waals surface area contributed by atoms with E-state index in [2.05, 4.69) is 15.2 Å². The maximum atomic E-state index is 11.9. The molecule has 0 aliphatic carbocycles. The highest BCUT2D eigenvalue weighted by molar-refractivity contribution is 6.05.